The van der Waals surface area contributed by atoms with Crippen molar-refractivity contribution in [2.45, 2.75) is 26.8 Å². The number of thiophene rings is 1. The summed E-state index contributed by atoms with van der Waals surface area (Å²) in [5, 5.41) is 6.78. The van der Waals surface area contributed by atoms with Gasteiger partial charge >= 0.3 is 0 Å². The van der Waals surface area contributed by atoms with Crippen LogP contribution in [0.2, 0.25) is 0 Å². The van der Waals surface area contributed by atoms with E-state index in [2.05, 4.69) is 66.1 Å². The molecule has 0 fully saturated rings. The maximum absolute atomic E-state index is 4.61. The molecule has 2 aromatic rings. The smallest absolute Gasteiger partial charge is 0.116 e. The van der Waals surface area contributed by atoms with Gasteiger partial charge in [0.1, 0.15) is 5.69 Å². The summed E-state index contributed by atoms with van der Waals surface area (Å²) in [7, 11) is 0. The van der Waals surface area contributed by atoms with Crippen molar-refractivity contribution in [3.63, 3.8) is 0 Å². The van der Waals surface area contributed by atoms with Crippen molar-refractivity contribution >= 4 is 33.9 Å². The third-order valence-corrected chi connectivity index (χ3v) is 4.02. The minimum atomic E-state index is 0.424. The lowest BCUT2D eigenvalue weighted by Crippen LogP contribution is -2.00. The lowest BCUT2D eigenvalue weighted by molar-refractivity contribution is 0.534. The molecule has 4 heteroatoms. The van der Waals surface area contributed by atoms with Gasteiger partial charge in [-0.25, -0.2) is 0 Å². The van der Waals surface area contributed by atoms with E-state index in [1.54, 1.807) is 11.3 Å². The summed E-state index contributed by atoms with van der Waals surface area (Å²) < 4.78 is 3.25. The summed E-state index contributed by atoms with van der Waals surface area (Å²) in [6, 6.07) is 2.62. The van der Waals surface area contributed by atoms with Crippen LogP contribution in [0, 0.1) is 10.5 Å². The molecule has 15 heavy (non-hydrogen) atoms. The molecule has 2 aromatic heterocycles. The number of rotatable bonds is 2. The zero-order valence-corrected chi connectivity index (χ0v) is 12.0. The van der Waals surface area contributed by atoms with E-state index in [1.807, 2.05) is 4.68 Å². The van der Waals surface area contributed by atoms with Crippen molar-refractivity contribution in [2.75, 3.05) is 0 Å². The van der Waals surface area contributed by atoms with Crippen LogP contribution < -0.4 is 0 Å². The molecule has 0 bridgehead atoms. The van der Waals surface area contributed by atoms with Crippen LogP contribution >= 0.6 is 33.9 Å². The summed E-state index contributed by atoms with van der Waals surface area (Å²) in [6.45, 7) is 6.41. The van der Waals surface area contributed by atoms with Gasteiger partial charge in [0, 0.05) is 12.2 Å². The molecule has 2 heterocycles. The third kappa shape index (κ3) is 2.25. The van der Waals surface area contributed by atoms with E-state index in [-0.39, 0.29) is 0 Å². The number of hydrogen-bond donors (Lipinski definition) is 0. The summed E-state index contributed by atoms with van der Waals surface area (Å²) in [5.41, 5.74) is 2.42. The second kappa shape index (κ2) is 4.25. The van der Waals surface area contributed by atoms with Gasteiger partial charge in [0.15, 0.2) is 0 Å². The molecule has 0 saturated heterocycles. The van der Waals surface area contributed by atoms with Crippen molar-refractivity contribution in [1.82, 2.24) is 9.78 Å². The first-order chi connectivity index (χ1) is 7.08. The van der Waals surface area contributed by atoms with Crippen LogP contribution in [0.15, 0.2) is 17.6 Å². The standard InChI is InChI=1S/C11H13IN2S/c1-7(2)14-5-9(12)11(13-14)10-4-8(3)6-15-10/h4-7H,1-3H3. The van der Waals surface area contributed by atoms with Crippen LogP contribution in [0.1, 0.15) is 25.5 Å². The van der Waals surface area contributed by atoms with E-state index >= 15 is 0 Å². The predicted octanol–water partition coefficient (Wildman–Crippen LogP) is 4.11. The topological polar surface area (TPSA) is 17.8 Å². The fraction of sp³-hybridized carbons (Fsp3) is 0.364. The molecule has 0 aromatic carbocycles. The largest absolute Gasteiger partial charge is 0.269 e. The predicted molar refractivity (Wildman–Crippen MR) is 73.4 cm³/mol. The minimum absolute atomic E-state index is 0.424. The minimum Gasteiger partial charge on any atom is -0.269 e. The molecule has 0 aliphatic rings. The van der Waals surface area contributed by atoms with Crippen molar-refractivity contribution in [2.24, 2.45) is 0 Å². The van der Waals surface area contributed by atoms with Crippen LogP contribution in [0.5, 0.6) is 0 Å². The quantitative estimate of drug-likeness (QED) is 0.757. The summed E-state index contributed by atoms with van der Waals surface area (Å²) >= 11 is 4.11. The van der Waals surface area contributed by atoms with Crippen molar-refractivity contribution in [3.8, 4) is 10.6 Å². The van der Waals surface area contributed by atoms with Gasteiger partial charge in [-0.05, 0) is 60.4 Å². The van der Waals surface area contributed by atoms with Gasteiger partial charge in [-0.3, -0.25) is 4.68 Å². The highest BCUT2D eigenvalue weighted by molar-refractivity contribution is 14.1. The monoisotopic (exact) mass is 332 g/mol. The number of halogens is 1. The van der Waals surface area contributed by atoms with Gasteiger partial charge in [0.2, 0.25) is 0 Å². The van der Waals surface area contributed by atoms with Crippen LogP contribution in [-0.4, -0.2) is 9.78 Å². The fourth-order valence-corrected chi connectivity index (χ4v) is 3.12. The Bertz CT molecular complexity index is 471. The Balaban J connectivity index is 2.44. The Morgan fingerprint density at radius 1 is 1.47 bits per heavy atom. The molecular formula is C11H13IN2S. The van der Waals surface area contributed by atoms with E-state index in [0.717, 1.165) is 5.69 Å². The zero-order chi connectivity index (χ0) is 11.0. The average molecular weight is 332 g/mol. The van der Waals surface area contributed by atoms with E-state index in [1.165, 1.54) is 14.0 Å². The SMILES string of the molecule is Cc1csc(-c2nn(C(C)C)cc2I)c1. The molecule has 2 rings (SSSR count). The molecule has 80 valence electrons. The van der Waals surface area contributed by atoms with Crippen molar-refractivity contribution < 1.29 is 0 Å². The molecule has 0 amide bonds. The number of aromatic nitrogens is 2. The fourth-order valence-electron chi connectivity index (χ4n) is 1.36. The van der Waals surface area contributed by atoms with Gasteiger partial charge in [-0.2, -0.15) is 5.10 Å². The zero-order valence-electron chi connectivity index (χ0n) is 8.99. The average Bonchev–Trinajstić information content (AvgIpc) is 2.71. The van der Waals surface area contributed by atoms with Gasteiger partial charge < -0.3 is 0 Å². The van der Waals surface area contributed by atoms with Gasteiger partial charge in [0.25, 0.3) is 0 Å². The molecule has 0 aliphatic heterocycles. The lowest BCUT2D eigenvalue weighted by Gasteiger charge is -2.02. The van der Waals surface area contributed by atoms with Crippen LogP contribution in [-0.2, 0) is 0 Å². The Kier molecular flexibility index (Phi) is 3.16. The summed E-state index contributed by atoms with van der Waals surface area (Å²) in [6.07, 6.45) is 2.11. The van der Waals surface area contributed by atoms with Crippen molar-refractivity contribution in [1.29, 1.82) is 0 Å². The van der Waals surface area contributed by atoms with Gasteiger partial charge in [-0.1, -0.05) is 0 Å². The number of hydrogen-bond acceptors (Lipinski definition) is 2. The molecule has 0 saturated carbocycles. The van der Waals surface area contributed by atoms with E-state index in [0.29, 0.717) is 6.04 Å². The highest BCUT2D eigenvalue weighted by Gasteiger charge is 2.11. The van der Waals surface area contributed by atoms with Crippen molar-refractivity contribution in [3.05, 3.63) is 26.8 Å². The Hall–Kier alpha value is -0.360. The number of nitrogens with zero attached hydrogens (tertiary/aromatic N) is 2. The lowest BCUT2D eigenvalue weighted by atomic mass is 10.3. The molecule has 0 atom stereocenters. The summed E-state index contributed by atoms with van der Waals surface area (Å²) in [5.74, 6) is 0. The van der Waals surface area contributed by atoms with E-state index in [9.17, 15) is 0 Å². The van der Waals surface area contributed by atoms with Gasteiger partial charge in [0.05, 0.1) is 8.45 Å². The second-order valence-electron chi connectivity index (χ2n) is 3.89. The first-order valence-corrected chi connectivity index (χ1v) is 6.84. The van der Waals surface area contributed by atoms with E-state index < -0.39 is 0 Å². The molecule has 0 N–H and O–H groups in total. The first-order valence-electron chi connectivity index (χ1n) is 4.88. The first kappa shape index (κ1) is 11.1. The highest BCUT2D eigenvalue weighted by atomic mass is 127. The molecule has 0 unspecified atom stereocenters. The Morgan fingerprint density at radius 3 is 2.67 bits per heavy atom. The number of aryl methyl sites for hydroxylation is 1. The van der Waals surface area contributed by atoms with Crippen LogP contribution in [0.3, 0.4) is 0 Å². The molecule has 0 aliphatic carbocycles. The Labute approximate surface area is 107 Å². The maximum Gasteiger partial charge on any atom is 0.116 e. The van der Waals surface area contributed by atoms with E-state index in [4.69, 9.17) is 0 Å². The van der Waals surface area contributed by atoms with Gasteiger partial charge in [-0.15, -0.1) is 11.3 Å². The van der Waals surface area contributed by atoms with Crippen LogP contribution in [0.4, 0.5) is 0 Å². The van der Waals surface area contributed by atoms with Crippen LogP contribution in [0.25, 0.3) is 10.6 Å². The molecular weight excluding hydrogens is 319 g/mol. The maximum atomic E-state index is 4.61. The Morgan fingerprint density at radius 2 is 2.20 bits per heavy atom. The summed E-state index contributed by atoms with van der Waals surface area (Å²) in [4.78, 5) is 1.26. The second-order valence-corrected chi connectivity index (χ2v) is 5.96. The third-order valence-electron chi connectivity index (χ3n) is 2.18. The normalized spacial score (nSPS) is 11.3. The molecule has 0 radical (unpaired) electrons. The highest BCUT2D eigenvalue weighted by Crippen LogP contribution is 2.30. The molecule has 2 nitrogen and oxygen atoms in total. The molecule has 0 spiro atoms.